The van der Waals surface area contributed by atoms with Crippen molar-refractivity contribution in [3.8, 4) is 0 Å². The Labute approximate surface area is 142 Å². The maximum absolute atomic E-state index is 3.99. The topological polar surface area (TPSA) is 18.5 Å². The number of piperazine rings is 1. The van der Waals surface area contributed by atoms with Crippen LogP contribution in [0.3, 0.4) is 0 Å². The summed E-state index contributed by atoms with van der Waals surface area (Å²) >= 11 is 1.85. The molecule has 2 aromatic rings. The number of likely N-dealkylation sites (N-methyl/N-ethyl adjacent to an activating group) is 1. The highest BCUT2D eigenvalue weighted by atomic mass is 32.1. The molecule has 3 rings (SSSR count). The van der Waals surface area contributed by atoms with Crippen molar-refractivity contribution in [3.05, 3.63) is 59.8 Å². The van der Waals surface area contributed by atoms with Crippen molar-refractivity contribution in [2.45, 2.75) is 13.5 Å². The fourth-order valence-electron chi connectivity index (χ4n) is 2.97. The normalized spacial score (nSPS) is 16.3. The number of thiophene rings is 1. The van der Waals surface area contributed by atoms with Gasteiger partial charge in [0.1, 0.15) is 0 Å². The molecular weight excluding hydrogens is 302 g/mol. The number of hydrogen-bond donors (Lipinski definition) is 1. The third-order valence-corrected chi connectivity index (χ3v) is 5.26. The number of benzene rings is 1. The molecule has 0 amide bonds. The van der Waals surface area contributed by atoms with Crippen LogP contribution in [0.15, 0.2) is 54.2 Å². The Kier molecular flexibility index (Phi) is 5.36. The van der Waals surface area contributed by atoms with Crippen molar-refractivity contribution in [2.75, 3.05) is 32.7 Å². The smallest absolute Gasteiger partial charge is 0.0387 e. The van der Waals surface area contributed by atoms with E-state index in [0.29, 0.717) is 0 Å². The second-order valence-corrected chi connectivity index (χ2v) is 6.86. The van der Waals surface area contributed by atoms with Crippen LogP contribution >= 0.6 is 11.3 Å². The lowest BCUT2D eigenvalue weighted by Gasteiger charge is -2.34. The van der Waals surface area contributed by atoms with Crippen LogP contribution in [-0.4, -0.2) is 42.5 Å². The number of allylic oxidation sites excluding steroid dienone is 1. The van der Waals surface area contributed by atoms with Crippen LogP contribution in [0.4, 0.5) is 0 Å². The standard InChI is InChI=1S/C19H25N3S/c1-3-20-16(2)7-9-21-10-12-22(13-11-21)15-18-6-4-5-17-8-14-23-19(17)18/h4-9,14,20H,2-3,10-13,15H2,1H3/b9-7+. The molecule has 1 N–H and O–H groups in total. The van der Waals surface area contributed by atoms with E-state index in [9.17, 15) is 0 Å². The summed E-state index contributed by atoms with van der Waals surface area (Å²) in [4.78, 5) is 4.93. The molecule has 1 fully saturated rings. The first kappa shape index (κ1) is 16.1. The minimum absolute atomic E-state index is 0.922. The molecule has 2 heterocycles. The van der Waals surface area contributed by atoms with Gasteiger partial charge >= 0.3 is 0 Å². The molecule has 0 aliphatic carbocycles. The molecule has 3 nitrogen and oxygen atoms in total. The Morgan fingerprint density at radius 2 is 2.09 bits per heavy atom. The fourth-order valence-corrected chi connectivity index (χ4v) is 3.88. The molecular formula is C19H25N3S. The van der Waals surface area contributed by atoms with Gasteiger partial charge in [-0.25, -0.2) is 0 Å². The molecule has 0 bridgehead atoms. The molecule has 0 radical (unpaired) electrons. The van der Waals surface area contributed by atoms with Crippen LogP contribution in [0.5, 0.6) is 0 Å². The van der Waals surface area contributed by atoms with Gasteiger partial charge in [0, 0.05) is 55.9 Å². The molecule has 122 valence electrons. The summed E-state index contributed by atoms with van der Waals surface area (Å²) in [7, 11) is 0. The van der Waals surface area contributed by atoms with Gasteiger partial charge in [0.25, 0.3) is 0 Å². The molecule has 0 saturated carbocycles. The van der Waals surface area contributed by atoms with Gasteiger partial charge in [-0.15, -0.1) is 11.3 Å². The quantitative estimate of drug-likeness (QED) is 0.817. The molecule has 4 heteroatoms. The van der Waals surface area contributed by atoms with E-state index in [-0.39, 0.29) is 0 Å². The first-order valence-electron chi connectivity index (χ1n) is 8.28. The zero-order chi connectivity index (χ0) is 16.1. The van der Waals surface area contributed by atoms with E-state index in [2.05, 4.69) is 70.5 Å². The third kappa shape index (κ3) is 4.15. The minimum atomic E-state index is 0.922. The minimum Gasteiger partial charge on any atom is -0.386 e. The molecule has 0 unspecified atom stereocenters. The van der Waals surface area contributed by atoms with E-state index < -0.39 is 0 Å². The Morgan fingerprint density at radius 1 is 1.26 bits per heavy atom. The first-order valence-corrected chi connectivity index (χ1v) is 9.16. The predicted octanol–water partition coefficient (Wildman–Crippen LogP) is 3.66. The van der Waals surface area contributed by atoms with Crippen molar-refractivity contribution in [1.82, 2.24) is 15.1 Å². The summed E-state index contributed by atoms with van der Waals surface area (Å²) in [6.45, 7) is 12.4. The molecule has 1 aromatic heterocycles. The molecule has 1 aromatic carbocycles. The summed E-state index contributed by atoms with van der Waals surface area (Å²) in [6.07, 6.45) is 4.24. The maximum Gasteiger partial charge on any atom is 0.0387 e. The summed E-state index contributed by atoms with van der Waals surface area (Å²) < 4.78 is 1.44. The number of nitrogens with one attached hydrogen (secondary N) is 1. The molecule has 1 aliphatic rings. The van der Waals surface area contributed by atoms with Gasteiger partial charge in [0.2, 0.25) is 0 Å². The average Bonchev–Trinajstić information content (AvgIpc) is 3.04. The van der Waals surface area contributed by atoms with Gasteiger partial charge in [-0.2, -0.15) is 0 Å². The van der Waals surface area contributed by atoms with Gasteiger partial charge in [-0.1, -0.05) is 24.8 Å². The van der Waals surface area contributed by atoms with Crippen LogP contribution in [0.1, 0.15) is 12.5 Å². The predicted molar refractivity (Wildman–Crippen MR) is 101 cm³/mol. The van der Waals surface area contributed by atoms with E-state index in [1.807, 2.05) is 11.3 Å². The average molecular weight is 327 g/mol. The molecule has 0 spiro atoms. The molecule has 1 aliphatic heterocycles. The van der Waals surface area contributed by atoms with Gasteiger partial charge in [-0.05, 0) is 35.4 Å². The van der Waals surface area contributed by atoms with Crippen molar-refractivity contribution in [3.63, 3.8) is 0 Å². The van der Waals surface area contributed by atoms with Crippen molar-refractivity contribution < 1.29 is 0 Å². The Bertz CT molecular complexity index is 681. The Hall–Kier alpha value is -1.78. The van der Waals surface area contributed by atoms with Crippen molar-refractivity contribution in [1.29, 1.82) is 0 Å². The van der Waals surface area contributed by atoms with Crippen LogP contribution in [0, 0.1) is 0 Å². The Morgan fingerprint density at radius 3 is 2.87 bits per heavy atom. The second-order valence-electron chi connectivity index (χ2n) is 5.94. The third-order valence-electron chi connectivity index (χ3n) is 4.25. The summed E-state index contributed by atoms with van der Waals surface area (Å²) in [5.41, 5.74) is 2.45. The van der Waals surface area contributed by atoms with Crippen LogP contribution < -0.4 is 5.32 Å². The SMILES string of the molecule is C=C(/C=C/N1CCN(Cc2cccc3ccsc23)CC1)NCC. The second kappa shape index (κ2) is 7.66. The van der Waals surface area contributed by atoms with E-state index in [1.165, 1.54) is 15.6 Å². The van der Waals surface area contributed by atoms with Crippen LogP contribution in [0.25, 0.3) is 10.1 Å². The highest BCUT2D eigenvalue weighted by molar-refractivity contribution is 7.17. The van der Waals surface area contributed by atoms with Crippen LogP contribution in [0.2, 0.25) is 0 Å². The van der Waals surface area contributed by atoms with Crippen LogP contribution in [-0.2, 0) is 6.54 Å². The lowest BCUT2D eigenvalue weighted by atomic mass is 10.1. The molecule has 1 saturated heterocycles. The highest BCUT2D eigenvalue weighted by Gasteiger charge is 2.15. The van der Waals surface area contributed by atoms with E-state index in [1.54, 1.807) is 0 Å². The summed E-state index contributed by atoms with van der Waals surface area (Å²) in [5, 5.41) is 6.78. The summed E-state index contributed by atoms with van der Waals surface area (Å²) in [5.74, 6) is 0. The van der Waals surface area contributed by atoms with E-state index >= 15 is 0 Å². The monoisotopic (exact) mass is 327 g/mol. The zero-order valence-corrected chi connectivity index (χ0v) is 14.6. The van der Waals surface area contributed by atoms with Gasteiger partial charge in [0.15, 0.2) is 0 Å². The van der Waals surface area contributed by atoms with Crippen molar-refractivity contribution >= 4 is 21.4 Å². The maximum atomic E-state index is 3.99. The number of rotatable bonds is 6. The van der Waals surface area contributed by atoms with Gasteiger partial charge in [-0.3, -0.25) is 4.90 Å². The van der Waals surface area contributed by atoms with Crippen molar-refractivity contribution in [2.24, 2.45) is 0 Å². The summed E-state index contributed by atoms with van der Waals surface area (Å²) in [6, 6.07) is 8.86. The number of fused-ring (bicyclic) bond motifs is 1. The fraction of sp³-hybridized carbons (Fsp3) is 0.368. The molecule has 23 heavy (non-hydrogen) atoms. The number of nitrogens with zero attached hydrogens (tertiary/aromatic N) is 2. The largest absolute Gasteiger partial charge is 0.386 e. The lowest BCUT2D eigenvalue weighted by molar-refractivity contribution is 0.162. The van der Waals surface area contributed by atoms with E-state index in [4.69, 9.17) is 0 Å². The first-order chi connectivity index (χ1) is 11.3. The Balaban J connectivity index is 1.53. The number of hydrogen-bond acceptors (Lipinski definition) is 4. The van der Waals surface area contributed by atoms with Gasteiger partial charge < -0.3 is 10.2 Å². The van der Waals surface area contributed by atoms with Gasteiger partial charge in [0.05, 0.1) is 0 Å². The molecule has 0 atom stereocenters. The lowest BCUT2D eigenvalue weighted by Crippen LogP contribution is -2.43. The zero-order valence-electron chi connectivity index (χ0n) is 13.8. The highest BCUT2D eigenvalue weighted by Crippen LogP contribution is 2.25. The van der Waals surface area contributed by atoms with E-state index in [0.717, 1.165) is 45.0 Å².